The number of aliphatic imine (C=N–C) groups is 1. The number of para-hydroxylation sites is 2. The Balaban J connectivity index is 1.11. The van der Waals surface area contributed by atoms with E-state index in [2.05, 4.69) is 222 Å². The van der Waals surface area contributed by atoms with Crippen LogP contribution >= 0.6 is 0 Å². The standard InChI is InChI=1S/C56H37N3/c1-3-15-36(16-4-1)40-33-41(37-17-5-2-6-18-37)35-42(34-40)55-56(58-49-27-12-11-26-48(49)57-55)47-25-13-24-46-45(47)23-14-28-50(46)59-51-31-29-38-19-7-9-21-43(38)53(51)54-44-22-10-8-20-39(44)30-32-52(54)59/h1-35,55,57H. The van der Waals surface area contributed by atoms with Crippen LogP contribution in [-0.4, -0.2) is 10.3 Å². The maximum absolute atomic E-state index is 5.54. The Labute approximate surface area is 342 Å². The third-order valence-corrected chi connectivity index (χ3v) is 12.2. The van der Waals surface area contributed by atoms with E-state index >= 15 is 0 Å². The Morgan fingerprint density at radius 3 is 1.61 bits per heavy atom. The average Bonchev–Trinajstić information content (AvgIpc) is 3.66. The largest absolute Gasteiger partial charge is 0.371 e. The highest BCUT2D eigenvalue weighted by molar-refractivity contribution is 6.29. The predicted octanol–water partition coefficient (Wildman–Crippen LogP) is 14.9. The minimum Gasteiger partial charge on any atom is -0.371 e. The second kappa shape index (κ2) is 13.4. The van der Waals surface area contributed by atoms with E-state index in [4.69, 9.17) is 4.99 Å². The van der Waals surface area contributed by atoms with E-state index in [-0.39, 0.29) is 6.04 Å². The van der Waals surface area contributed by atoms with E-state index in [1.165, 1.54) is 71.0 Å². The molecule has 1 unspecified atom stereocenters. The molecule has 2 heterocycles. The number of rotatable bonds is 5. The molecular weight excluding hydrogens is 715 g/mol. The van der Waals surface area contributed by atoms with Gasteiger partial charge in [-0.05, 0) is 103 Å². The van der Waals surface area contributed by atoms with Crippen molar-refractivity contribution >= 4 is 71.2 Å². The van der Waals surface area contributed by atoms with Gasteiger partial charge in [-0.3, -0.25) is 0 Å². The van der Waals surface area contributed by atoms with Gasteiger partial charge in [0.05, 0.1) is 39.8 Å². The van der Waals surface area contributed by atoms with Gasteiger partial charge in [-0.25, -0.2) is 4.99 Å². The molecule has 1 aromatic heterocycles. The zero-order valence-corrected chi connectivity index (χ0v) is 32.2. The quantitative estimate of drug-likeness (QED) is 0.186. The van der Waals surface area contributed by atoms with Crippen LogP contribution in [0.3, 0.4) is 0 Å². The van der Waals surface area contributed by atoms with Gasteiger partial charge >= 0.3 is 0 Å². The third kappa shape index (κ3) is 5.40. The summed E-state index contributed by atoms with van der Waals surface area (Å²) in [7, 11) is 0. The number of benzene rings is 10. The molecule has 1 N–H and O–H groups in total. The van der Waals surface area contributed by atoms with E-state index in [1.807, 2.05) is 0 Å². The summed E-state index contributed by atoms with van der Waals surface area (Å²) < 4.78 is 2.48. The Kier molecular flexibility index (Phi) is 7.60. The molecule has 12 rings (SSSR count). The van der Waals surface area contributed by atoms with Crippen LogP contribution in [0.1, 0.15) is 17.2 Å². The summed E-state index contributed by atoms with van der Waals surface area (Å²) in [6.07, 6.45) is 0. The van der Waals surface area contributed by atoms with Crippen LogP contribution in [0, 0.1) is 0 Å². The van der Waals surface area contributed by atoms with E-state index in [1.54, 1.807) is 0 Å². The smallest absolute Gasteiger partial charge is 0.0947 e. The Hall–Kier alpha value is -7.75. The predicted molar refractivity (Wildman–Crippen MR) is 250 cm³/mol. The molecule has 1 aliphatic heterocycles. The average molecular weight is 752 g/mol. The summed E-state index contributed by atoms with van der Waals surface area (Å²) in [4.78, 5) is 5.54. The zero-order valence-electron chi connectivity index (χ0n) is 32.2. The van der Waals surface area contributed by atoms with Gasteiger partial charge in [-0.1, -0.05) is 164 Å². The second-order valence-corrected chi connectivity index (χ2v) is 15.5. The molecule has 0 radical (unpaired) electrons. The Morgan fingerprint density at radius 2 is 0.949 bits per heavy atom. The number of nitrogens with one attached hydrogen (secondary N) is 1. The molecule has 0 amide bonds. The van der Waals surface area contributed by atoms with Crippen LogP contribution in [0.25, 0.3) is 82.1 Å². The van der Waals surface area contributed by atoms with Crippen LogP contribution < -0.4 is 5.32 Å². The van der Waals surface area contributed by atoms with Gasteiger partial charge in [0.2, 0.25) is 0 Å². The highest BCUT2D eigenvalue weighted by atomic mass is 15.0. The molecule has 0 aliphatic carbocycles. The van der Waals surface area contributed by atoms with Crippen molar-refractivity contribution in [2.75, 3.05) is 5.32 Å². The lowest BCUT2D eigenvalue weighted by Gasteiger charge is -2.29. The Morgan fingerprint density at radius 1 is 0.407 bits per heavy atom. The molecule has 0 spiro atoms. The number of hydrogen-bond donors (Lipinski definition) is 1. The first-order chi connectivity index (χ1) is 29.3. The van der Waals surface area contributed by atoms with Gasteiger partial charge in [-0.15, -0.1) is 0 Å². The summed E-state index contributed by atoms with van der Waals surface area (Å²) in [6.45, 7) is 0. The molecule has 3 nitrogen and oxygen atoms in total. The number of fused-ring (bicyclic) bond motifs is 9. The maximum atomic E-state index is 5.54. The van der Waals surface area contributed by atoms with Crippen molar-refractivity contribution in [1.29, 1.82) is 0 Å². The zero-order chi connectivity index (χ0) is 38.9. The molecular formula is C56H37N3. The highest BCUT2D eigenvalue weighted by Gasteiger charge is 2.28. The first kappa shape index (κ1) is 33.4. The van der Waals surface area contributed by atoms with Gasteiger partial charge in [-0.2, -0.15) is 0 Å². The number of aromatic nitrogens is 1. The fourth-order valence-electron chi connectivity index (χ4n) is 9.50. The minimum absolute atomic E-state index is 0.212. The van der Waals surface area contributed by atoms with Crippen molar-refractivity contribution in [2.45, 2.75) is 6.04 Å². The van der Waals surface area contributed by atoms with Crippen LogP contribution in [0.2, 0.25) is 0 Å². The molecule has 276 valence electrons. The van der Waals surface area contributed by atoms with Gasteiger partial charge in [0.1, 0.15) is 0 Å². The monoisotopic (exact) mass is 751 g/mol. The lowest BCUT2D eigenvalue weighted by Crippen LogP contribution is -2.25. The molecule has 59 heavy (non-hydrogen) atoms. The van der Waals surface area contributed by atoms with Gasteiger partial charge in [0.15, 0.2) is 0 Å². The lowest BCUT2D eigenvalue weighted by molar-refractivity contribution is 1.02. The van der Waals surface area contributed by atoms with Crippen LogP contribution in [0.5, 0.6) is 0 Å². The lowest BCUT2D eigenvalue weighted by atomic mass is 9.87. The summed E-state index contributed by atoms with van der Waals surface area (Å²) >= 11 is 0. The molecule has 3 heteroatoms. The molecule has 1 aliphatic rings. The SMILES string of the molecule is c1ccc(-c2cc(-c3ccccc3)cc(C3Nc4ccccc4N=C3c3cccc4c(-n5c6ccc7ccccc7c6c6c7ccccc7ccc65)cccc34)c2)cc1. The van der Waals surface area contributed by atoms with Crippen LogP contribution in [0.15, 0.2) is 217 Å². The van der Waals surface area contributed by atoms with Crippen molar-refractivity contribution < 1.29 is 0 Å². The fraction of sp³-hybridized carbons (Fsp3) is 0.0179. The van der Waals surface area contributed by atoms with Crippen molar-refractivity contribution in [3.8, 4) is 27.9 Å². The summed E-state index contributed by atoms with van der Waals surface area (Å²) in [5.41, 5.74) is 13.5. The van der Waals surface area contributed by atoms with Crippen LogP contribution in [0.4, 0.5) is 11.4 Å². The van der Waals surface area contributed by atoms with Crippen molar-refractivity contribution in [3.05, 3.63) is 223 Å². The molecule has 11 aromatic rings. The number of nitrogens with zero attached hydrogens (tertiary/aromatic N) is 2. The van der Waals surface area contributed by atoms with E-state index in [0.717, 1.165) is 39.3 Å². The van der Waals surface area contributed by atoms with Gasteiger partial charge in [0.25, 0.3) is 0 Å². The van der Waals surface area contributed by atoms with E-state index in [9.17, 15) is 0 Å². The topological polar surface area (TPSA) is 29.3 Å². The number of hydrogen-bond acceptors (Lipinski definition) is 2. The minimum atomic E-state index is -0.212. The molecule has 1 atom stereocenters. The van der Waals surface area contributed by atoms with Gasteiger partial charge in [0, 0.05) is 21.7 Å². The second-order valence-electron chi connectivity index (χ2n) is 15.5. The van der Waals surface area contributed by atoms with E-state index < -0.39 is 0 Å². The van der Waals surface area contributed by atoms with Crippen LogP contribution in [-0.2, 0) is 0 Å². The van der Waals surface area contributed by atoms with Crippen molar-refractivity contribution in [1.82, 2.24) is 4.57 Å². The maximum Gasteiger partial charge on any atom is 0.0947 e. The van der Waals surface area contributed by atoms with Crippen molar-refractivity contribution in [3.63, 3.8) is 0 Å². The van der Waals surface area contributed by atoms with Gasteiger partial charge < -0.3 is 9.88 Å². The van der Waals surface area contributed by atoms with Crippen molar-refractivity contribution in [2.24, 2.45) is 4.99 Å². The highest BCUT2D eigenvalue weighted by Crippen LogP contribution is 2.44. The summed E-state index contributed by atoms with van der Waals surface area (Å²) in [5, 5.41) is 13.9. The first-order valence-electron chi connectivity index (χ1n) is 20.3. The summed E-state index contributed by atoms with van der Waals surface area (Å²) in [5.74, 6) is 0. The first-order valence-corrected chi connectivity index (χ1v) is 20.3. The summed E-state index contributed by atoms with van der Waals surface area (Å²) in [6, 6.07) is 76.8. The normalized spacial score (nSPS) is 13.8. The molecule has 0 saturated heterocycles. The third-order valence-electron chi connectivity index (χ3n) is 12.2. The fourth-order valence-corrected chi connectivity index (χ4v) is 9.50. The molecule has 0 saturated carbocycles. The number of anilines is 1. The van der Waals surface area contributed by atoms with E-state index in [0.29, 0.717) is 0 Å². The molecule has 0 fully saturated rings. The Bertz CT molecular complexity index is 3320. The molecule has 10 aromatic carbocycles. The molecule has 0 bridgehead atoms.